The SMILES string of the molecule is Cn1ccc2ccc(N3Cc4ccc(NS(C)(=O)=O)cc4C3=O)cc21. The van der Waals surface area contributed by atoms with Gasteiger partial charge < -0.3 is 9.47 Å². The van der Waals surface area contributed by atoms with E-state index in [1.165, 1.54) is 0 Å². The van der Waals surface area contributed by atoms with E-state index in [-0.39, 0.29) is 5.91 Å². The van der Waals surface area contributed by atoms with Crippen LogP contribution in [0.4, 0.5) is 11.4 Å². The van der Waals surface area contributed by atoms with Crippen molar-refractivity contribution in [2.24, 2.45) is 7.05 Å². The Labute approximate surface area is 145 Å². The molecule has 1 aromatic heterocycles. The number of hydrogen-bond acceptors (Lipinski definition) is 3. The van der Waals surface area contributed by atoms with Crippen LogP contribution < -0.4 is 9.62 Å². The zero-order valence-corrected chi connectivity index (χ0v) is 14.7. The maximum atomic E-state index is 12.8. The number of rotatable bonds is 3. The van der Waals surface area contributed by atoms with Crippen LogP contribution in [0.25, 0.3) is 10.9 Å². The Balaban J connectivity index is 1.70. The molecule has 128 valence electrons. The molecule has 7 heteroatoms. The Kier molecular flexibility index (Phi) is 3.36. The second-order valence-electron chi connectivity index (χ2n) is 6.31. The lowest BCUT2D eigenvalue weighted by atomic mass is 10.1. The first-order chi connectivity index (χ1) is 11.8. The molecule has 1 N–H and O–H groups in total. The standard InChI is InChI=1S/C18H17N3O3S/c1-20-8-7-12-4-6-15(10-17(12)20)21-11-13-3-5-14(19-25(2,23)24)9-16(13)18(21)22/h3-10,19H,11H2,1-2H3. The van der Waals surface area contributed by atoms with Crippen molar-refractivity contribution < 1.29 is 13.2 Å². The smallest absolute Gasteiger partial charge is 0.259 e. The van der Waals surface area contributed by atoms with Crippen LogP contribution in [0.5, 0.6) is 0 Å². The van der Waals surface area contributed by atoms with Crippen LogP contribution in [0.15, 0.2) is 48.7 Å². The Morgan fingerprint density at radius 1 is 1.08 bits per heavy atom. The second kappa shape index (κ2) is 5.35. The zero-order chi connectivity index (χ0) is 17.8. The summed E-state index contributed by atoms with van der Waals surface area (Å²) in [6, 6.07) is 13.0. The number of carbonyl (C=O) groups is 1. The van der Waals surface area contributed by atoms with Crippen LogP contribution in [0.3, 0.4) is 0 Å². The molecule has 4 rings (SSSR count). The number of hydrogen-bond donors (Lipinski definition) is 1. The molecule has 0 radical (unpaired) electrons. The molecule has 6 nitrogen and oxygen atoms in total. The van der Waals surface area contributed by atoms with Crippen molar-refractivity contribution in [3.05, 3.63) is 59.8 Å². The molecular weight excluding hydrogens is 338 g/mol. The van der Waals surface area contributed by atoms with E-state index in [4.69, 9.17) is 0 Å². The monoisotopic (exact) mass is 355 g/mol. The summed E-state index contributed by atoms with van der Waals surface area (Å²) in [5.74, 6) is -0.124. The van der Waals surface area contributed by atoms with Crippen LogP contribution in [-0.4, -0.2) is 25.1 Å². The number of benzene rings is 2. The molecule has 3 aromatic rings. The first kappa shape index (κ1) is 15.7. The third kappa shape index (κ3) is 2.76. The molecule has 0 saturated heterocycles. The van der Waals surface area contributed by atoms with Crippen molar-refractivity contribution in [3.63, 3.8) is 0 Å². The molecule has 0 fully saturated rings. The molecule has 1 amide bonds. The van der Waals surface area contributed by atoms with Gasteiger partial charge in [-0.3, -0.25) is 9.52 Å². The van der Waals surface area contributed by atoms with Crippen LogP contribution in [-0.2, 0) is 23.6 Å². The Morgan fingerprint density at radius 3 is 2.64 bits per heavy atom. The van der Waals surface area contributed by atoms with Gasteiger partial charge in [0.25, 0.3) is 5.91 Å². The van der Waals surface area contributed by atoms with E-state index in [0.717, 1.165) is 28.4 Å². The van der Waals surface area contributed by atoms with Crippen LogP contribution >= 0.6 is 0 Å². The van der Waals surface area contributed by atoms with Crippen molar-refractivity contribution in [1.29, 1.82) is 0 Å². The van der Waals surface area contributed by atoms with Gasteiger partial charge in [0.1, 0.15) is 0 Å². The summed E-state index contributed by atoms with van der Waals surface area (Å²) in [4.78, 5) is 14.5. The highest BCUT2D eigenvalue weighted by atomic mass is 32.2. The van der Waals surface area contributed by atoms with Gasteiger partial charge in [-0.25, -0.2) is 8.42 Å². The number of nitrogens with one attached hydrogen (secondary N) is 1. The van der Waals surface area contributed by atoms with E-state index in [1.807, 2.05) is 42.1 Å². The quantitative estimate of drug-likeness (QED) is 0.785. The molecule has 0 spiro atoms. The van der Waals surface area contributed by atoms with Crippen molar-refractivity contribution in [1.82, 2.24) is 4.57 Å². The maximum absolute atomic E-state index is 12.8. The molecule has 0 unspecified atom stereocenters. The number of sulfonamides is 1. The summed E-state index contributed by atoms with van der Waals surface area (Å²) in [5, 5.41) is 1.12. The minimum Gasteiger partial charge on any atom is -0.350 e. The van der Waals surface area contributed by atoms with Gasteiger partial charge in [-0.1, -0.05) is 12.1 Å². The van der Waals surface area contributed by atoms with Gasteiger partial charge in [0, 0.05) is 35.7 Å². The summed E-state index contributed by atoms with van der Waals surface area (Å²) in [6.45, 7) is 0.475. The van der Waals surface area contributed by atoms with E-state index in [0.29, 0.717) is 17.8 Å². The summed E-state index contributed by atoms with van der Waals surface area (Å²) in [6.07, 6.45) is 3.07. The van der Waals surface area contributed by atoms with Gasteiger partial charge in [0.2, 0.25) is 10.0 Å². The largest absolute Gasteiger partial charge is 0.350 e. The minimum atomic E-state index is -3.38. The van der Waals surface area contributed by atoms with Crippen LogP contribution in [0.1, 0.15) is 15.9 Å². The average Bonchev–Trinajstić information content (AvgIpc) is 3.07. The fraction of sp³-hybridized carbons (Fsp3) is 0.167. The average molecular weight is 355 g/mol. The number of anilines is 2. The molecule has 0 bridgehead atoms. The van der Waals surface area contributed by atoms with Crippen molar-refractivity contribution in [2.45, 2.75) is 6.54 Å². The van der Waals surface area contributed by atoms with E-state index >= 15 is 0 Å². The lowest BCUT2D eigenvalue weighted by Crippen LogP contribution is -2.23. The first-order valence-electron chi connectivity index (χ1n) is 7.79. The maximum Gasteiger partial charge on any atom is 0.259 e. The molecule has 0 saturated carbocycles. The molecule has 1 aliphatic heterocycles. The molecule has 2 heterocycles. The topological polar surface area (TPSA) is 71.4 Å². The van der Waals surface area contributed by atoms with Crippen molar-refractivity contribution in [2.75, 3.05) is 15.9 Å². The number of fused-ring (bicyclic) bond motifs is 2. The molecular formula is C18H17N3O3S. The predicted molar refractivity (Wildman–Crippen MR) is 98.3 cm³/mol. The van der Waals surface area contributed by atoms with E-state index in [9.17, 15) is 13.2 Å². The van der Waals surface area contributed by atoms with Gasteiger partial charge >= 0.3 is 0 Å². The Morgan fingerprint density at radius 2 is 1.88 bits per heavy atom. The number of amides is 1. The summed E-state index contributed by atoms with van der Waals surface area (Å²) in [5.41, 5.74) is 3.69. The van der Waals surface area contributed by atoms with E-state index < -0.39 is 10.0 Å². The number of aromatic nitrogens is 1. The van der Waals surface area contributed by atoms with Gasteiger partial charge in [-0.15, -0.1) is 0 Å². The molecule has 2 aromatic carbocycles. The first-order valence-corrected chi connectivity index (χ1v) is 9.69. The van der Waals surface area contributed by atoms with Crippen LogP contribution in [0.2, 0.25) is 0 Å². The fourth-order valence-electron chi connectivity index (χ4n) is 3.21. The Hall–Kier alpha value is -2.80. The zero-order valence-electron chi connectivity index (χ0n) is 13.9. The summed E-state index contributed by atoms with van der Waals surface area (Å²) >= 11 is 0. The highest BCUT2D eigenvalue weighted by Crippen LogP contribution is 2.32. The third-order valence-electron chi connectivity index (χ3n) is 4.40. The van der Waals surface area contributed by atoms with Crippen molar-refractivity contribution in [3.8, 4) is 0 Å². The van der Waals surface area contributed by atoms with Crippen LogP contribution in [0, 0.1) is 0 Å². The lowest BCUT2D eigenvalue weighted by Gasteiger charge is -2.16. The molecule has 1 aliphatic rings. The normalized spacial score (nSPS) is 14.2. The van der Waals surface area contributed by atoms with Gasteiger partial charge in [-0.05, 0) is 41.3 Å². The third-order valence-corrected chi connectivity index (χ3v) is 5.01. The van der Waals surface area contributed by atoms with Gasteiger partial charge in [0.05, 0.1) is 12.8 Å². The predicted octanol–water partition coefficient (Wildman–Crippen LogP) is 2.71. The molecule has 25 heavy (non-hydrogen) atoms. The number of carbonyl (C=O) groups excluding carboxylic acids is 1. The lowest BCUT2D eigenvalue weighted by molar-refractivity contribution is 0.0996. The van der Waals surface area contributed by atoms with E-state index in [1.54, 1.807) is 23.1 Å². The van der Waals surface area contributed by atoms with E-state index in [2.05, 4.69) is 4.72 Å². The summed E-state index contributed by atoms with van der Waals surface area (Å²) < 4.78 is 27.2. The molecule has 0 atom stereocenters. The minimum absolute atomic E-state index is 0.124. The highest BCUT2D eigenvalue weighted by Gasteiger charge is 2.29. The van der Waals surface area contributed by atoms with Gasteiger partial charge in [-0.2, -0.15) is 0 Å². The Bertz CT molecular complexity index is 1120. The second-order valence-corrected chi connectivity index (χ2v) is 8.06. The highest BCUT2D eigenvalue weighted by molar-refractivity contribution is 7.92. The number of nitrogens with zero attached hydrogens (tertiary/aromatic N) is 2. The molecule has 0 aliphatic carbocycles. The number of aryl methyl sites for hydroxylation is 1. The fourth-order valence-corrected chi connectivity index (χ4v) is 3.76. The van der Waals surface area contributed by atoms with Gasteiger partial charge in [0.15, 0.2) is 0 Å². The summed E-state index contributed by atoms with van der Waals surface area (Å²) in [7, 11) is -1.41. The van der Waals surface area contributed by atoms with Crippen molar-refractivity contribution >= 4 is 38.2 Å².